The average molecular weight is 455 g/mol. The molecule has 178 valence electrons. The second-order valence-electron chi connectivity index (χ2n) is 11.6. The van der Waals surface area contributed by atoms with Gasteiger partial charge in [0, 0.05) is 11.6 Å². The summed E-state index contributed by atoms with van der Waals surface area (Å²) in [5.74, 6) is -0.416. The van der Waals surface area contributed by atoms with Crippen molar-refractivity contribution in [2.24, 2.45) is 5.92 Å². The third-order valence-corrected chi connectivity index (χ3v) is 8.47. The van der Waals surface area contributed by atoms with E-state index in [4.69, 9.17) is 23.5 Å². The van der Waals surface area contributed by atoms with Crippen LogP contribution in [0.15, 0.2) is 18.6 Å². The van der Waals surface area contributed by atoms with Gasteiger partial charge in [-0.15, -0.1) is 0 Å². The minimum atomic E-state index is -0.669. The predicted molar refractivity (Wildman–Crippen MR) is 123 cm³/mol. The molecule has 0 aromatic carbocycles. The van der Waals surface area contributed by atoms with Crippen LogP contribution in [0.2, 0.25) is 6.32 Å². The molecular weight excluding hydrogens is 421 g/mol. The molecule has 0 bridgehead atoms. The van der Waals surface area contributed by atoms with Crippen LogP contribution in [-0.2, 0) is 23.5 Å². The molecule has 0 radical (unpaired) electrons. The number of hydrogen-bond donors (Lipinski definition) is 0. The van der Waals surface area contributed by atoms with Gasteiger partial charge in [-0.2, -0.15) is 0 Å². The van der Waals surface area contributed by atoms with E-state index in [0.717, 1.165) is 35.9 Å². The summed E-state index contributed by atoms with van der Waals surface area (Å²) in [4.78, 5) is 8.89. The molecule has 1 spiro atoms. The van der Waals surface area contributed by atoms with Gasteiger partial charge < -0.3 is 28.1 Å². The maximum Gasteiger partial charge on any atom is 0.458 e. The van der Waals surface area contributed by atoms with Gasteiger partial charge in [0.25, 0.3) is 0 Å². The van der Waals surface area contributed by atoms with E-state index >= 15 is 0 Å². The highest BCUT2D eigenvalue weighted by Crippen LogP contribution is 2.60. The van der Waals surface area contributed by atoms with E-state index in [2.05, 4.69) is 48.3 Å². The van der Waals surface area contributed by atoms with E-state index in [9.17, 15) is 0 Å². The fourth-order valence-electron chi connectivity index (χ4n) is 6.27. The van der Waals surface area contributed by atoms with Crippen LogP contribution in [-0.4, -0.2) is 56.5 Å². The molecule has 1 aliphatic carbocycles. The third-order valence-electron chi connectivity index (χ3n) is 8.47. The summed E-state index contributed by atoms with van der Waals surface area (Å²) >= 11 is 0. The maximum atomic E-state index is 6.80. The van der Waals surface area contributed by atoms with E-state index < -0.39 is 11.4 Å². The molecule has 1 saturated carbocycles. The zero-order valence-electron chi connectivity index (χ0n) is 20.6. The molecule has 6 rings (SSSR count). The van der Waals surface area contributed by atoms with Crippen molar-refractivity contribution in [3.8, 4) is 0 Å². The second kappa shape index (κ2) is 6.79. The summed E-state index contributed by atoms with van der Waals surface area (Å²) < 4.78 is 34.7. The topological polar surface area (TPSA) is 76.9 Å². The molecule has 5 atom stereocenters. The standard InChI is InChI=1S/C24H34BN3O5/c1-14-16-9-11-28(19(16)27-13-26-14)20-18-24(31-23(6,7)30-18)10-8-15(17(24)29-20)12-25-32-21(2,3)22(4,5)33-25/h9,11,13,15,17-18,20H,8,10,12H2,1-7H3/t15?,17-,18+,20-,24-/m1/s1. The quantitative estimate of drug-likeness (QED) is 0.647. The van der Waals surface area contributed by atoms with Crippen LogP contribution in [0.25, 0.3) is 11.0 Å². The first-order valence-corrected chi connectivity index (χ1v) is 12.1. The third kappa shape index (κ3) is 3.09. The molecule has 8 nitrogen and oxygen atoms in total. The largest absolute Gasteiger partial charge is 0.458 e. The highest BCUT2D eigenvalue weighted by atomic mass is 16.8. The van der Waals surface area contributed by atoms with E-state index in [-0.39, 0.29) is 42.7 Å². The normalized spacial score (nSPS) is 38.2. The molecule has 1 unspecified atom stereocenters. The van der Waals surface area contributed by atoms with E-state index in [1.165, 1.54) is 0 Å². The first-order valence-electron chi connectivity index (χ1n) is 12.1. The Bertz CT molecular complexity index is 1080. The Hall–Kier alpha value is -1.52. The lowest BCUT2D eigenvalue weighted by atomic mass is 9.75. The van der Waals surface area contributed by atoms with Crippen molar-refractivity contribution in [3.63, 3.8) is 0 Å². The molecule has 4 fully saturated rings. The SMILES string of the molecule is Cc1ncnc2c1ccn2[C@@H]1O[C@@H]2C(CB3OC(C)(C)C(C)(C)O3)CC[C@@]23OC(C)(C)O[C@@H]13. The van der Waals surface area contributed by atoms with Crippen LogP contribution < -0.4 is 0 Å². The van der Waals surface area contributed by atoms with Crippen LogP contribution in [0, 0.1) is 12.8 Å². The van der Waals surface area contributed by atoms with Gasteiger partial charge in [-0.25, -0.2) is 9.97 Å². The van der Waals surface area contributed by atoms with E-state index in [1.54, 1.807) is 6.33 Å². The second-order valence-corrected chi connectivity index (χ2v) is 11.6. The van der Waals surface area contributed by atoms with Crippen LogP contribution in [0.5, 0.6) is 0 Å². The molecule has 5 heterocycles. The Morgan fingerprint density at radius 2 is 1.79 bits per heavy atom. The fourth-order valence-corrected chi connectivity index (χ4v) is 6.27. The van der Waals surface area contributed by atoms with E-state index in [0.29, 0.717) is 0 Å². The lowest BCUT2D eigenvalue weighted by Crippen LogP contribution is -2.44. The van der Waals surface area contributed by atoms with Gasteiger partial charge in [0.2, 0.25) is 0 Å². The highest BCUT2D eigenvalue weighted by Gasteiger charge is 2.70. The van der Waals surface area contributed by atoms with Crippen LogP contribution >= 0.6 is 0 Å². The molecular formula is C24H34BN3O5. The van der Waals surface area contributed by atoms with Crippen LogP contribution in [0.3, 0.4) is 0 Å². The van der Waals surface area contributed by atoms with Crippen molar-refractivity contribution in [1.82, 2.24) is 14.5 Å². The number of ether oxygens (including phenoxy) is 3. The van der Waals surface area contributed by atoms with Gasteiger partial charge in [0.1, 0.15) is 23.7 Å². The average Bonchev–Trinajstić information content (AvgIpc) is 3.43. The van der Waals surface area contributed by atoms with Crippen molar-refractivity contribution < 1.29 is 23.5 Å². The molecule has 3 saturated heterocycles. The van der Waals surface area contributed by atoms with Crippen LogP contribution in [0.1, 0.15) is 66.3 Å². The molecule has 2 aromatic rings. The smallest absolute Gasteiger partial charge is 0.403 e. The highest BCUT2D eigenvalue weighted by molar-refractivity contribution is 6.45. The lowest BCUT2D eigenvalue weighted by Gasteiger charge is -2.32. The molecule has 0 N–H and O–H groups in total. The summed E-state index contributed by atoms with van der Waals surface area (Å²) in [6.45, 7) is 14.4. The summed E-state index contributed by atoms with van der Waals surface area (Å²) in [5, 5.41) is 1.03. The molecule has 33 heavy (non-hydrogen) atoms. The summed E-state index contributed by atoms with van der Waals surface area (Å²) in [6.07, 6.45) is 5.66. The minimum Gasteiger partial charge on any atom is -0.403 e. The molecule has 3 aliphatic heterocycles. The van der Waals surface area contributed by atoms with Crippen molar-refractivity contribution in [2.45, 2.75) is 109 Å². The lowest BCUT2D eigenvalue weighted by molar-refractivity contribution is -0.211. The summed E-state index contributed by atoms with van der Waals surface area (Å²) in [6, 6.07) is 2.05. The Morgan fingerprint density at radius 3 is 2.52 bits per heavy atom. The van der Waals surface area contributed by atoms with Gasteiger partial charge in [-0.3, -0.25) is 0 Å². The maximum absolute atomic E-state index is 6.80. The van der Waals surface area contributed by atoms with Crippen molar-refractivity contribution in [1.29, 1.82) is 0 Å². The summed E-state index contributed by atoms with van der Waals surface area (Å²) in [7, 11) is -0.255. The molecule has 4 aliphatic rings. The molecule has 0 amide bonds. The number of hydrogen-bond acceptors (Lipinski definition) is 7. The van der Waals surface area contributed by atoms with Gasteiger partial charge in [0.05, 0.1) is 23.0 Å². The minimum absolute atomic E-state index is 0.103. The van der Waals surface area contributed by atoms with Gasteiger partial charge in [-0.1, -0.05) is 0 Å². The monoisotopic (exact) mass is 455 g/mol. The molecule has 9 heteroatoms. The Kier molecular flexibility index (Phi) is 4.52. The zero-order chi connectivity index (χ0) is 23.4. The fraction of sp³-hybridized carbons (Fsp3) is 0.750. The number of rotatable bonds is 3. The van der Waals surface area contributed by atoms with Gasteiger partial charge in [-0.05, 0) is 79.6 Å². The number of aromatic nitrogens is 3. The Morgan fingerprint density at radius 1 is 1.06 bits per heavy atom. The Labute approximate surface area is 195 Å². The summed E-state index contributed by atoms with van der Waals surface area (Å²) in [5.41, 5.74) is 0.645. The Balaban J connectivity index is 1.32. The van der Waals surface area contributed by atoms with E-state index in [1.807, 2.05) is 27.0 Å². The van der Waals surface area contributed by atoms with Crippen LogP contribution in [0.4, 0.5) is 0 Å². The van der Waals surface area contributed by atoms with Gasteiger partial charge >= 0.3 is 7.12 Å². The molecule has 2 aromatic heterocycles. The first-order chi connectivity index (χ1) is 15.4. The van der Waals surface area contributed by atoms with Gasteiger partial charge in [0.15, 0.2) is 12.0 Å². The number of nitrogens with zero attached hydrogens (tertiary/aromatic N) is 3. The number of fused-ring (bicyclic) bond motifs is 1. The number of aryl methyl sites for hydroxylation is 1. The predicted octanol–water partition coefficient (Wildman–Crippen LogP) is 4.03. The van der Waals surface area contributed by atoms with Crippen molar-refractivity contribution >= 4 is 18.2 Å². The van der Waals surface area contributed by atoms with Crippen molar-refractivity contribution in [3.05, 3.63) is 24.3 Å². The van der Waals surface area contributed by atoms with Crippen molar-refractivity contribution in [2.75, 3.05) is 0 Å². The zero-order valence-corrected chi connectivity index (χ0v) is 20.6. The first kappa shape index (κ1) is 22.0.